The van der Waals surface area contributed by atoms with Crippen LogP contribution in [0, 0.1) is 12.7 Å². The molecule has 18 heavy (non-hydrogen) atoms. The fraction of sp³-hybridized carbons (Fsp3) is 0.267. The van der Waals surface area contributed by atoms with E-state index in [1.807, 2.05) is 13.1 Å². The van der Waals surface area contributed by atoms with Crippen molar-refractivity contribution in [3.05, 3.63) is 47.5 Å². The number of hydrogen-bond acceptors (Lipinski definition) is 1. The van der Waals surface area contributed by atoms with E-state index in [4.69, 9.17) is 0 Å². The highest BCUT2D eigenvalue weighted by Gasteiger charge is 2.14. The zero-order chi connectivity index (χ0) is 13.3. The maximum absolute atomic E-state index is 12.9. The van der Waals surface area contributed by atoms with Crippen molar-refractivity contribution < 1.29 is 9.18 Å². The fourth-order valence-electron chi connectivity index (χ4n) is 2.18. The maximum atomic E-state index is 12.9. The number of carbonyl (C=O) groups is 1. The van der Waals surface area contributed by atoms with E-state index < -0.39 is 0 Å². The molecule has 0 unspecified atom stereocenters. The minimum Gasteiger partial charge on any atom is -0.348 e. The number of nitrogens with zero attached hydrogens (tertiary/aromatic N) is 1. The summed E-state index contributed by atoms with van der Waals surface area (Å²) in [6.45, 7) is 6.06. The lowest BCUT2D eigenvalue weighted by Crippen LogP contribution is -2.01. The van der Waals surface area contributed by atoms with Crippen LogP contribution in [0.25, 0.3) is 11.1 Å². The van der Waals surface area contributed by atoms with E-state index in [0.29, 0.717) is 5.56 Å². The van der Waals surface area contributed by atoms with Crippen LogP contribution in [-0.4, -0.2) is 10.9 Å². The van der Waals surface area contributed by atoms with Gasteiger partial charge in [-0.25, -0.2) is 4.39 Å². The van der Waals surface area contributed by atoms with Gasteiger partial charge < -0.3 is 4.57 Å². The molecule has 1 aromatic carbocycles. The van der Waals surface area contributed by atoms with Crippen molar-refractivity contribution in [2.24, 2.45) is 0 Å². The first-order valence-electron chi connectivity index (χ1n) is 5.97. The van der Waals surface area contributed by atoms with Gasteiger partial charge in [-0.3, -0.25) is 4.79 Å². The maximum Gasteiger partial charge on any atom is 0.152 e. The van der Waals surface area contributed by atoms with Crippen LogP contribution in [0.5, 0.6) is 0 Å². The summed E-state index contributed by atoms with van der Waals surface area (Å²) in [4.78, 5) is 11.2. The Morgan fingerprint density at radius 2 is 1.83 bits per heavy atom. The molecule has 0 saturated heterocycles. The lowest BCUT2D eigenvalue weighted by atomic mass is 10.0. The van der Waals surface area contributed by atoms with E-state index in [1.165, 1.54) is 12.1 Å². The molecule has 0 bridgehead atoms. The third-order valence-electron chi connectivity index (χ3n) is 3.16. The Morgan fingerprint density at radius 3 is 2.33 bits per heavy atom. The van der Waals surface area contributed by atoms with Crippen LogP contribution in [0.4, 0.5) is 4.39 Å². The molecule has 3 heteroatoms. The largest absolute Gasteiger partial charge is 0.348 e. The van der Waals surface area contributed by atoms with Crippen molar-refractivity contribution >= 4 is 6.29 Å². The molecule has 0 aliphatic rings. The van der Waals surface area contributed by atoms with Gasteiger partial charge in [-0.15, -0.1) is 0 Å². The second-order valence-electron chi connectivity index (χ2n) is 4.67. The molecule has 0 aliphatic heterocycles. The van der Waals surface area contributed by atoms with Crippen LogP contribution in [0.2, 0.25) is 0 Å². The van der Waals surface area contributed by atoms with Crippen LogP contribution < -0.4 is 0 Å². The molecular weight excluding hydrogens is 229 g/mol. The predicted molar refractivity (Wildman–Crippen MR) is 70.3 cm³/mol. The summed E-state index contributed by atoms with van der Waals surface area (Å²) in [5.41, 5.74) is 3.34. The fourth-order valence-corrected chi connectivity index (χ4v) is 2.18. The summed E-state index contributed by atoms with van der Waals surface area (Å²) in [5, 5.41) is 0. The van der Waals surface area contributed by atoms with Crippen LogP contribution in [0.1, 0.15) is 35.9 Å². The van der Waals surface area contributed by atoms with E-state index >= 15 is 0 Å². The minimum atomic E-state index is -0.272. The molecule has 1 heterocycles. The van der Waals surface area contributed by atoms with E-state index in [0.717, 1.165) is 23.1 Å². The lowest BCUT2D eigenvalue weighted by Gasteiger charge is -2.09. The second-order valence-corrected chi connectivity index (χ2v) is 4.67. The Kier molecular flexibility index (Phi) is 3.32. The Morgan fingerprint density at radius 1 is 1.22 bits per heavy atom. The molecule has 0 spiro atoms. The third kappa shape index (κ3) is 2.08. The number of benzene rings is 1. The van der Waals surface area contributed by atoms with Gasteiger partial charge in [-0.2, -0.15) is 0 Å². The summed E-state index contributed by atoms with van der Waals surface area (Å²) >= 11 is 0. The van der Waals surface area contributed by atoms with Gasteiger partial charge in [0, 0.05) is 29.1 Å². The smallest absolute Gasteiger partial charge is 0.152 e. The van der Waals surface area contributed by atoms with Crippen molar-refractivity contribution in [2.45, 2.75) is 26.8 Å². The monoisotopic (exact) mass is 245 g/mol. The van der Waals surface area contributed by atoms with Crippen molar-refractivity contribution in [3.63, 3.8) is 0 Å². The van der Waals surface area contributed by atoms with Crippen molar-refractivity contribution in [1.82, 2.24) is 4.57 Å². The van der Waals surface area contributed by atoms with E-state index in [1.54, 1.807) is 12.1 Å². The highest BCUT2D eigenvalue weighted by Crippen LogP contribution is 2.28. The topological polar surface area (TPSA) is 22.0 Å². The van der Waals surface area contributed by atoms with Crippen molar-refractivity contribution in [2.75, 3.05) is 0 Å². The van der Waals surface area contributed by atoms with Gasteiger partial charge in [0.1, 0.15) is 5.82 Å². The highest BCUT2D eigenvalue weighted by molar-refractivity contribution is 5.89. The molecule has 0 amide bonds. The first kappa shape index (κ1) is 12.6. The number of carbonyl (C=O) groups excluding carboxylic acids is 1. The number of aldehydes is 1. The summed E-state index contributed by atoms with van der Waals surface area (Å²) in [5.74, 6) is -0.272. The number of halogens is 1. The molecule has 0 aliphatic carbocycles. The van der Waals surface area contributed by atoms with E-state index in [9.17, 15) is 9.18 Å². The van der Waals surface area contributed by atoms with Crippen molar-refractivity contribution in [1.29, 1.82) is 0 Å². The van der Waals surface area contributed by atoms with Crippen LogP contribution in [-0.2, 0) is 0 Å². The molecule has 0 atom stereocenters. The summed E-state index contributed by atoms with van der Waals surface area (Å²) in [6.07, 6.45) is 2.82. The van der Waals surface area contributed by atoms with Gasteiger partial charge in [-0.05, 0) is 38.5 Å². The molecule has 2 nitrogen and oxygen atoms in total. The summed E-state index contributed by atoms with van der Waals surface area (Å²) < 4.78 is 15.0. The molecule has 2 rings (SSSR count). The zero-order valence-corrected chi connectivity index (χ0v) is 10.8. The summed E-state index contributed by atoms with van der Waals surface area (Å²) in [6, 6.07) is 6.50. The van der Waals surface area contributed by atoms with Gasteiger partial charge >= 0.3 is 0 Å². The lowest BCUT2D eigenvalue weighted by molar-refractivity contribution is 0.112. The molecular formula is C15H16FNO. The normalized spacial score (nSPS) is 10.9. The number of hydrogen-bond donors (Lipinski definition) is 0. The van der Waals surface area contributed by atoms with Gasteiger partial charge in [0.2, 0.25) is 0 Å². The van der Waals surface area contributed by atoms with Crippen LogP contribution in [0.3, 0.4) is 0 Å². The summed E-state index contributed by atoms with van der Waals surface area (Å²) in [7, 11) is 0. The van der Waals surface area contributed by atoms with Crippen molar-refractivity contribution in [3.8, 4) is 11.1 Å². The molecule has 0 N–H and O–H groups in total. The molecule has 1 aromatic heterocycles. The Bertz CT molecular complexity index is 567. The van der Waals surface area contributed by atoms with Gasteiger partial charge in [0.15, 0.2) is 6.29 Å². The quantitative estimate of drug-likeness (QED) is 0.749. The third-order valence-corrected chi connectivity index (χ3v) is 3.16. The van der Waals surface area contributed by atoms with E-state index in [2.05, 4.69) is 18.4 Å². The Labute approximate surface area is 106 Å². The van der Waals surface area contributed by atoms with Crippen LogP contribution in [0.15, 0.2) is 30.5 Å². The first-order valence-corrected chi connectivity index (χ1v) is 5.97. The van der Waals surface area contributed by atoms with Gasteiger partial charge in [0.25, 0.3) is 0 Å². The minimum absolute atomic E-state index is 0.272. The average Bonchev–Trinajstić information content (AvgIpc) is 2.67. The Balaban J connectivity index is 2.60. The molecule has 0 radical (unpaired) electrons. The predicted octanol–water partition coefficient (Wildman–Crippen LogP) is 4.00. The van der Waals surface area contributed by atoms with Gasteiger partial charge in [-0.1, -0.05) is 12.1 Å². The molecule has 94 valence electrons. The average molecular weight is 245 g/mol. The van der Waals surface area contributed by atoms with Gasteiger partial charge in [0.05, 0.1) is 0 Å². The molecule has 0 saturated carbocycles. The molecule has 0 fully saturated rings. The zero-order valence-electron chi connectivity index (χ0n) is 10.8. The van der Waals surface area contributed by atoms with Crippen LogP contribution >= 0.6 is 0 Å². The number of rotatable bonds is 3. The highest BCUT2D eigenvalue weighted by atomic mass is 19.1. The SMILES string of the molecule is Cc1c(C=O)c(-c2ccc(F)cc2)cn1C(C)C. The second kappa shape index (κ2) is 4.77. The first-order chi connectivity index (χ1) is 8.54. The Hall–Kier alpha value is -1.90. The number of aromatic nitrogens is 1. The standard InChI is InChI=1S/C15H16FNO/c1-10(2)17-8-14(15(9-18)11(17)3)12-4-6-13(16)7-5-12/h4-10H,1-3H3. The van der Waals surface area contributed by atoms with E-state index in [-0.39, 0.29) is 11.9 Å². The molecule has 2 aromatic rings.